The van der Waals surface area contributed by atoms with Gasteiger partial charge in [-0.1, -0.05) is 65.3 Å². The number of amides is 1. The van der Waals surface area contributed by atoms with E-state index in [2.05, 4.69) is 34.7 Å². The van der Waals surface area contributed by atoms with Gasteiger partial charge in [-0.2, -0.15) is 0 Å². The molecule has 0 fully saturated rings. The van der Waals surface area contributed by atoms with Gasteiger partial charge >= 0.3 is 0 Å². The Morgan fingerprint density at radius 1 is 0.941 bits per heavy atom. The number of ether oxygens (including phenoxy) is 2. The average molecular weight is 455 g/mol. The van der Waals surface area contributed by atoms with E-state index in [1.807, 2.05) is 61.5 Å². The summed E-state index contributed by atoms with van der Waals surface area (Å²) >= 11 is 0. The molecule has 0 radical (unpaired) electrons. The van der Waals surface area contributed by atoms with Crippen LogP contribution in [0, 0.1) is 6.92 Å². The third-order valence-corrected chi connectivity index (χ3v) is 5.26. The predicted octanol–water partition coefficient (Wildman–Crippen LogP) is 5.73. The maximum Gasteiger partial charge on any atom is 0.265 e. The molecule has 0 aromatic heterocycles. The molecule has 1 N–H and O–H groups in total. The van der Waals surface area contributed by atoms with Crippen LogP contribution >= 0.6 is 0 Å². The summed E-state index contributed by atoms with van der Waals surface area (Å²) in [5.74, 6) is 0.933. The molecule has 0 unspecified atom stereocenters. The van der Waals surface area contributed by atoms with Gasteiger partial charge in [0.2, 0.25) is 0 Å². The first-order chi connectivity index (χ1) is 16.6. The maximum atomic E-state index is 12.0. The summed E-state index contributed by atoms with van der Waals surface area (Å²) in [6.45, 7) is 2.22. The summed E-state index contributed by atoms with van der Waals surface area (Å²) in [7, 11) is 1.59. The number of carbonyl (C=O) groups is 1. The predicted molar refractivity (Wildman–Crippen MR) is 135 cm³/mol. The summed E-state index contributed by atoms with van der Waals surface area (Å²) in [4.78, 5) is 17.1. The number of methoxy groups -OCH3 is 1. The molecule has 0 saturated heterocycles. The Morgan fingerprint density at radius 3 is 2.56 bits per heavy atom. The van der Waals surface area contributed by atoms with Crippen LogP contribution in [-0.2, 0) is 16.2 Å². The smallest absolute Gasteiger partial charge is 0.265 e. The molecule has 4 aromatic rings. The van der Waals surface area contributed by atoms with Crippen molar-refractivity contribution in [2.24, 2.45) is 5.16 Å². The number of nitrogens with zero attached hydrogens (tertiary/aromatic N) is 1. The molecule has 0 heterocycles. The molecule has 0 atom stereocenters. The van der Waals surface area contributed by atoms with E-state index in [0.717, 1.165) is 22.1 Å². The molecule has 172 valence electrons. The van der Waals surface area contributed by atoms with Crippen LogP contribution in [-0.4, -0.2) is 25.8 Å². The largest absolute Gasteiger partial charge is 0.493 e. The van der Waals surface area contributed by atoms with Crippen LogP contribution in [0.5, 0.6) is 11.5 Å². The first kappa shape index (κ1) is 22.9. The molecule has 1 amide bonds. The van der Waals surface area contributed by atoms with Crippen LogP contribution in [0.3, 0.4) is 0 Å². The molecule has 0 saturated carbocycles. The van der Waals surface area contributed by atoms with Crippen LogP contribution in [0.4, 0.5) is 5.69 Å². The van der Waals surface area contributed by atoms with E-state index in [4.69, 9.17) is 14.3 Å². The number of carbonyl (C=O) groups excluding carboxylic acids is 1. The third kappa shape index (κ3) is 5.92. The highest BCUT2D eigenvalue weighted by Gasteiger charge is 2.08. The van der Waals surface area contributed by atoms with Gasteiger partial charge in [0.15, 0.2) is 18.1 Å². The van der Waals surface area contributed by atoms with Crippen molar-refractivity contribution in [1.82, 2.24) is 0 Å². The third-order valence-electron chi connectivity index (χ3n) is 5.26. The normalized spacial score (nSPS) is 10.9. The monoisotopic (exact) mass is 454 g/mol. The molecule has 6 nitrogen and oxygen atoms in total. The summed E-state index contributed by atoms with van der Waals surface area (Å²) in [5.41, 5.74) is 3.70. The minimum absolute atomic E-state index is 0.187. The molecule has 0 bridgehead atoms. The van der Waals surface area contributed by atoms with Gasteiger partial charge in [-0.3, -0.25) is 4.79 Å². The number of nitrogens with one attached hydrogen (secondary N) is 1. The zero-order valence-electron chi connectivity index (χ0n) is 19.2. The van der Waals surface area contributed by atoms with Gasteiger partial charge in [0.25, 0.3) is 5.91 Å². The fourth-order valence-corrected chi connectivity index (χ4v) is 3.49. The van der Waals surface area contributed by atoms with Crippen molar-refractivity contribution >= 4 is 28.6 Å². The van der Waals surface area contributed by atoms with Crippen LogP contribution in [0.2, 0.25) is 0 Å². The number of anilines is 1. The van der Waals surface area contributed by atoms with E-state index >= 15 is 0 Å². The van der Waals surface area contributed by atoms with Crippen molar-refractivity contribution in [2.75, 3.05) is 19.0 Å². The second-order valence-electron chi connectivity index (χ2n) is 7.76. The van der Waals surface area contributed by atoms with Crippen molar-refractivity contribution in [3.63, 3.8) is 0 Å². The lowest BCUT2D eigenvalue weighted by atomic mass is 10.1. The van der Waals surface area contributed by atoms with Gasteiger partial charge in [-0.05, 0) is 53.6 Å². The number of hydrogen-bond donors (Lipinski definition) is 1. The Bertz CT molecular complexity index is 1290. The van der Waals surface area contributed by atoms with Gasteiger partial charge in [0, 0.05) is 11.3 Å². The standard InChI is InChI=1S/C28H26N2O4/c1-20-10-13-24(14-11-20)30-28(31)19-34-29-17-21-12-15-26(27(16-21)32-2)33-18-23-8-5-7-22-6-3-4-9-25(22)23/h3-17H,18-19H2,1-2H3,(H,30,31). The fourth-order valence-electron chi connectivity index (χ4n) is 3.49. The zero-order chi connectivity index (χ0) is 23.8. The van der Waals surface area contributed by atoms with Crippen LogP contribution in [0.15, 0.2) is 90.1 Å². The number of rotatable bonds is 9. The molecular formula is C28H26N2O4. The quantitative estimate of drug-likeness (QED) is 0.259. The summed E-state index contributed by atoms with van der Waals surface area (Å²) in [6, 6.07) is 27.4. The average Bonchev–Trinajstić information content (AvgIpc) is 2.87. The molecule has 0 spiro atoms. The molecule has 0 aliphatic rings. The Labute approximate surface area is 198 Å². The lowest BCUT2D eigenvalue weighted by Crippen LogP contribution is -2.16. The molecule has 4 aromatic carbocycles. The van der Waals surface area contributed by atoms with E-state index in [1.165, 1.54) is 11.6 Å². The second-order valence-corrected chi connectivity index (χ2v) is 7.76. The SMILES string of the molecule is COc1cc(C=NOCC(=O)Nc2ccc(C)cc2)ccc1OCc1cccc2ccccc12. The minimum atomic E-state index is -0.282. The van der Waals surface area contributed by atoms with E-state index in [1.54, 1.807) is 13.2 Å². The summed E-state index contributed by atoms with van der Waals surface area (Å²) < 4.78 is 11.5. The van der Waals surface area contributed by atoms with E-state index in [0.29, 0.717) is 23.8 Å². The lowest BCUT2D eigenvalue weighted by molar-refractivity contribution is -0.120. The molecule has 34 heavy (non-hydrogen) atoms. The second kappa shape index (κ2) is 11.0. The summed E-state index contributed by atoms with van der Waals surface area (Å²) in [5, 5.41) is 8.98. The van der Waals surface area contributed by atoms with Crippen LogP contribution < -0.4 is 14.8 Å². The van der Waals surface area contributed by atoms with Gasteiger partial charge < -0.3 is 19.6 Å². The summed E-state index contributed by atoms with van der Waals surface area (Å²) in [6.07, 6.45) is 1.52. The van der Waals surface area contributed by atoms with Crippen molar-refractivity contribution in [1.29, 1.82) is 0 Å². The van der Waals surface area contributed by atoms with Crippen molar-refractivity contribution in [2.45, 2.75) is 13.5 Å². The Hall–Kier alpha value is -4.32. The zero-order valence-corrected chi connectivity index (χ0v) is 19.2. The lowest BCUT2D eigenvalue weighted by Gasteiger charge is -2.12. The highest BCUT2D eigenvalue weighted by Crippen LogP contribution is 2.29. The number of oxime groups is 1. The number of fused-ring (bicyclic) bond motifs is 1. The Kier molecular flexibility index (Phi) is 7.40. The number of hydrogen-bond acceptors (Lipinski definition) is 5. The van der Waals surface area contributed by atoms with Gasteiger partial charge in [0.05, 0.1) is 13.3 Å². The van der Waals surface area contributed by atoms with E-state index < -0.39 is 0 Å². The first-order valence-corrected chi connectivity index (χ1v) is 10.9. The minimum Gasteiger partial charge on any atom is -0.493 e. The molecule has 4 rings (SSSR count). The number of benzene rings is 4. The maximum absolute atomic E-state index is 12.0. The van der Waals surface area contributed by atoms with Crippen molar-refractivity contribution in [3.8, 4) is 11.5 Å². The Balaban J connectivity index is 1.33. The Morgan fingerprint density at radius 2 is 1.74 bits per heavy atom. The molecule has 0 aliphatic heterocycles. The van der Waals surface area contributed by atoms with Gasteiger partial charge in [-0.15, -0.1) is 0 Å². The van der Waals surface area contributed by atoms with Crippen LogP contribution in [0.25, 0.3) is 10.8 Å². The van der Waals surface area contributed by atoms with Crippen molar-refractivity contribution < 1.29 is 19.1 Å². The van der Waals surface area contributed by atoms with Crippen molar-refractivity contribution in [3.05, 3.63) is 102 Å². The fraction of sp³-hybridized carbons (Fsp3) is 0.143. The highest BCUT2D eigenvalue weighted by atomic mass is 16.6. The van der Waals surface area contributed by atoms with Gasteiger partial charge in [0.1, 0.15) is 6.61 Å². The molecule has 0 aliphatic carbocycles. The van der Waals surface area contributed by atoms with Crippen LogP contribution in [0.1, 0.15) is 16.7 Å². The van der Waals surface area contributed by atoms with E-state index in [-0.39, 0.29) is 12.5 Å². The van der Waals surface area contributed by atoms with E-state index in [9.17, 15) is 4.79 Å². The van der Waals surface area contributed by atoms with Gasteiger partial charge in [-0.25, -0.2) is 0 Å². The molecular weight excluding hydrogens is 428 g/mol. The number of aryl methyl sites for hydroxylation is 1. The highest BCUT2D eigenvalue weighted by molar-refractivity contribution is 5.91. The topological polar surface area (TPSA) is 69.2 Å². The first-order valence-electron chi connectivity index (χ1n) is 10.9. The molecule has 6 heteroatoms.